The van der Waals surface area contributed by atoms with Gasteiger partial charge in [0.2, 0.25) is 5.91 Å². The number of nitrogens with zero attached hydrogens (tertiary/aromatic N) is 3. The van der Waals surface area contributed by atoms with Crippen molar-refractivity contribution in [2.24, 2.45) is 0 Å². The fourth-order valence-electron chi connectivity index (χ4n) is 3.12. The van der Waals surface area contributed by atoms with Crippen LogP contribution in [0.15, 0.2) is 64.6 Å². The quantitative estimate of drug-likeness (QED) is 0.526. The Kier molecular flexibility index (Phi) is 5.54. The lowest BCUT2D eigenvalue weighted by molar-refractivity contribution is -0.150. The van der Waals surface area contributed by atoms with Gasteiger partial charge in [0.1, 0.15) is 17.1 Å². The zero-order valence-corrected chi connectivity index (χ0v) is 16.7. The maximum absolute atomic E-state index is 12.7. The Morgan fingerprint density at radius 3 is 2.62 bits per heavy atom. The molecule has 2 N–H and O–H groups in total. The number of rotatable bonds is 6. The van der Waals surface area contributed by atoms with E-state index in [4.69, 9.17) is 0 Å². The molecule has 1 aromatic heterocycles. The Labute approximate surface area is 174 Å². The maximum atomic E-state index is 12.7. The molecule has 1 aromatic carbocycles. The van der Waals surface area contributed by atoms with Crippen LogP contribution in [-0.4, -0.2) is 54.9 Å². The summed E-state index contributed by atoms with van der Waals surface area (Å²) in [6, 6.07) is 10.2. The molecular formula is C19H16N4O4S2. The predicted molar refractivity (Wildman–Crippen MR) is 108 cm³/mol. The van der Waals surface area contributed by atoms with Crippen molar-refractivity contribution in [1.82, 2.24) is 20.2 Å². The monoisotopic (exact) mass is 428 g/mol. The number of aliphatic carboxylic acids is 1. The molecule has 0 aliphatic carbocycles. The molecule has 2 aliphatic heterocycles. The van der Waals surface area contributed by atoms with Gasteiger partial charge in [-0.3, -0.25) is 14.5 Å². The van der Waals surface area contributed by atoms with E-state index in [1.807, 2.05) is 30.3 Å². The van der Waals surface area contributed by atoms with Gasteiger partial charge in [0.15, 0.2) is 5.16 Å². The molecule has 0 spiro atoms. The molecule has 148 valence electrons. The number of carboxylic acid groups (broad SMARTS) is 1. The van der Waals surface area contributed by atoms with Crippen molar-refractivity contribution >= 4 is 41.3 Å². The number of fused-ring (bicyclic) bond motifs is 1. The molecule has 10 heteroatoms. The van der Waals surface area contributed by atoms with Gasteiger partial charge in [-0.15, -0.1) is 11.8 Å². The third-order valence-corrected chi connectivity index (χ3v) is 6.86. The lowest BCUT2D eigenvalue weighted by atomic mass is 10.0. The first-order valence-corrected chi connectivity index (χ1v) is 10.6. The topological polar surface area (TPSA) is 112 Å². The summed E-state index contributed by atoms with van der Waals surface area (Å²) in [5, 5.41) is 12.4. The Morgan fingerprint density at radius 2 is 1.93 bits per heavy atom. The lowest BCUT2D eigenvalue weighted by Gasteiger charge is -2.49. The van der Waals surface area contributed by atoms with Crippen LogP contribution < -0.4 is 5.32 Å². The van der Waals surface area contributed by atoms with E-state index >= 15 is 0 Å². The second-order valence-corrected chi connectivity index (χ2v) is 8.49. The highest BCUT2D eigenvalue weighted by molar-refractivity contribution is 8.06. The number of carbonyl (C=O) groups is 3. The molecule has 2 aromatic rings. The summed E-state index contributed by atoms with van der Waals surface area (Å²) in [7, 11) is 0. The van der Waals surface area contributed by atoms with E-state index in [2.05, 4.69) is 15.3 Å². The zero-order valence-electron chi connectivity index (χ0n) is 15.0. The van der Waals surface area contributed by atoms with Crippen LogP contribution in [0, 0.1) is 0 Å². The zero-order chi connectivity index (χ0) is 20.4. The third kappa shape index (κ3) is 3.99. The molecule has 2 amide bonds. The van der Waals surface area contributed by atoms with Crippen molar-refractivity contribution in [1.29, 1.82) is 0 Å². The summed E-state index contributed by atoms with van der Waals surface area (Å²) in [4.78, 5) is 46.8. The first-order valence-electron chi connectivity index (χ1n) is 8.74. The molecule has 2 atom stereocenters. The first-order chi connectivity index (χ1) is 14.0. The largest absolute Gasteiger partial charge is 0.477 e. The number of hydrogen-bond acceptors (Lipinski definition) is 7. The summed E-state index contributed by atoms with van der Waals surface area (Å²) in [5.74, 6) is -1.48. The molecule has 29 heavy (non-hydrogen) atoms. The van der Waals surface area contributed by atoms with Crippen LogP contribution in [0.25, 0.3) is 0 Å². The van der Waals surface area contributed by atoms with Crippen molar-refractivity contribution in [2.45, 2.75) is 23.0 Å². The maximum Gasteiger partial charge on any atom is 0.353 e. The van der Waals surface area contributed by atoms with E-state index in [-0.39, 0.29) is 18.0 Å². The molecule has 1 fully saturated rings. The fraction of sp³-hybridized carbons (Fsp3) is 0.211. The van der Waals surface area contributed by atoms with Crippen molar-refractivity contribution in [3.05, 3.63) is 65.0 Å². The third-order valence-electron chi connectivity index (χ3n) is 4.42. The second-order valence-electron chi connectivity index (χ2n) is 6.33. The van der Waals surface area contributed by atoms with Gasteiger partial charge in [-0.05, 0) is 11.6 Å². The number of nitrogens with one attached hydrogen (secondary N) is 1. The second kappa shape index (κ2) is 8.26. The predicted octanol–water partition coefficient (Wildman–Crippen LogP) is 1.51. The van der Waals surface area contributed by atoms with Gasteiger partial charge < -0.3 is 10.4 Å². The van der Waals surface area contributed by atoms with Crippen molar-refractivity contribution in [3.8, 4) is 0 Å². The van der Waals surface area contributed by atoms with E-state index in [1.54, 1.807) is 18.5 Å². The van der Waals surface area contributed by atoms with Gasteiger partial charge in [-0.1, -0.05) is 42.1 Å². The highest BCUT2D eigenvalue weighted by Crippen LogP contribution is 2.44. The van der Waals surface area contributed by atoms with Crippen LogP contribution in [0.1, 0.15) is 5.56 Å². The van der Waals surface area contributed by atoms with Gasteiger partial charge in [-0.25, -0.2) is 14.8 Å². The smallest absolute Gasteiger partial charge is 0.353 e. The van der Waals surface area contributed by atoms with Gasteiger partial charge in [0, 0.05) is 23.1 Å². The SMILES string of the molecule is O=C(Cc1ccccc1)N[C@@H]1C(=O)N2C(C(=O)O)=C(Sc3ncccn3)CS[C@H]12. The first kappa shape index (κ1) is 19.5. The Morgan fingerprint density at radius 1 is 1.21 bits per heavy atom. The van der Waals surface area contributed by atoms with Crippen LogP contribution in [0.2, 0.25) is 0 Å². The van der Waals surface area contributed by atoms with Crippen molar-refractivity contribution < 1.29 is 19.5 Å². The van der Waals surface area contributed by atoms with E-state index in [1.165, 1.54) is 16.7 Å². The number of carbonyl (C=O) groups excluding carboxylic acids is 2. The molecule has 4 rings (SSSR count). The molecule has 1 saturated heterocycles. The minimum absolute atomic E-state index is 0.0650. The molecule has 0 unspecified atom stereocenters. The van der Waals surface area contributed by atoms with Gasteiger partial charge in [0.25, 0.3) is 5.91 Å². The van der Waals surface area contributed by atoms with Gasteiger partial charge in [-0.2, -0.15) is 0 Å². The highest BCUT2D eigenvalue weighted by Gasteiger charge is 2.54. The van der Waals surface area contributed by atoms with Gasteiger partial charge in [0.05, 0.1) is 6.42 Å². The minimum Gasteiger partial charge on any atom is -0.477 e. The standard InChI is InChI=1S/C19H16N4O4S2/c24-13(9-11-5-2-1-3-6-11)22-14-16(25)23-15(18(26)27)12(10-28-17(14)23)29-19-20-7-4-8-21-19/h1-8,14,17H,9-10H2,(H,22,24)(H,26,27)/t14-,17-/m1/s1. The Hall–Kier alpha value is -2.85. The number of amides is 2. The molecule has 0 radical (unpaired) electrons. The number of β-lactam (4-membered cyclic amide) rings is 1. The molecule has 2 aliphatic rings. The molecule has 0 saturated carbocycles. The average molecular weight is 428 g/mol. The number of aromatic nitrogens is 2. The number of carboxylic acids is 1. The molecule has 8 nitrogen and oxygen atoms in total. The van der Waals surface area contributed by atoms with Crippen LogP contribution in [0.4, 0.5) is 0 Å². The lowest BCUT2D eigenvalue weighted by Crippen LogP contribution is -2.70. The normalized spacial score (nSPS) is 20.7. The number of hydrogen-bond donors (Lipinski definition) is 2. The van der Waals surface area contributed by atoms with E-state index in [0.717, 1.165) is 17.3 Å². The van der Waals surface area contributed by atoms with E-state index in [9.17, 15) is 19.5 Å². The summed E-state index contributed by atoms with van der Waals surface area (Å²) in [6.07, 6.45) is 3.31. The highest BCUT2D eigenvalue weighted by atomic mass is 32.2. The molecule has 3 heterocycles. The van der Waals surface area contributed by atoms with Crippen LogP contribution in [0.5, 0.6) is 0 Å². The molecule has 0 bridgehead atoms. The fourth-order valence-corrected chi connectivity index (χ4v) is 5.49. The average Bonchev–Trinajstić information content (AvgIpc) is 2.73. The van der Waals surface area contributed by atoms with E-state index < -0.39 is 23.3 Å². The van der Waals surface area contributed by atoms with Crippen LogP contribution >= 0.6 is 23.5 Å². The van der Waals surface area contributed by atoms with Crippen LogP contribution in [-0.2, 0) is 20.8 Å². The van der Waals surface area contributed by atoms with Crippen molar-refractivity contribution in [2.75, 3.05) is 5.75 Å². The summed E-state index contributed by atoms with van der Waals surface area (Å²) >= 11 is 2.55. The molecular weight excluding hydrogens is 412 g/mol. The Bertz CT molecular complexity index is 984. The summed E-state index contributed by atoms with van der Waals surface area (Å²) in [5.41, 5.74) is 0.780. The summed E-state index contributed by atoms with van der Waals surface area (Å²) < 4.78 is 0. The van der Waals surface area contributed by atoms with Crippen molar-refractivity contribution in [3.63, 3.8) is 0 Å². The van der Waals surface area contributed by atoms with Crippen LogP contribution in [0.3, 0.4) is 0 Å². The van der Waals surface area contributed by atoms with E-state index in [0.29, 0.717) is 15.8 Å². The summed E-state index contributed by atoms with van der Waals surface area (Å²) in [6.45, 7) is 0. The minimum atomic E-state index is -1.18. The Balaban J connectivity index is 1.48. The number of thioether (sulfide) groups is 2. The number of benzene rings is 1. The van der Waals surface area contributed by atoms with Gasteiger partial charge >= 0.3 is 5.97 Å².